The molecule has 2 amide bonds. The van der Waals surface area contributed by atoms with Crippen LogP contribution < -0.4 is 10.8 Å². The molecule has 0 bridgehead atoms. The average molecular weight is 274 g/mol. The van der Waals surface area contributed by atoms with Crippen molar-refractivity contribution in [2.24, 2.45) is 0 Å². The number of hydrogen-bond acceptors (Lipinski definition) is 3. The molecular weight excluding hydrogens is 262 g/mol. The quantitative estimate of drug-likeness (QED) is 0.670. The van der Waals surface area contributed by atoms with Gasteiger partial charge in [-0.05, 0) is 24.1 Å². The Labute approximate surface area is 107 Å². The zero-order valence-electron chi connectivity index (χ0n) is 9.78. The summed E-state index contributed by atoms with van der Waals surface area (Å²) in [5, 5.41) is 10.6. The summed E-state index contributed by atoms with van der Waals surface area (Å²) < 4.78 is 25.7. The van der Waals surface area contributed by atoms with E-state index in [9.17, 15) is 18.4 Å². The highest BCUT2D eigenvalue weighted by atomic mass is 19.1. The molecular formula is C11H12F2N2O4. The van der Waals surface area contributed by atoms with Crippen LogP contribution in [0.3, 0.4) is 0 Å². The van der Waals surface area contributed by atoms with Crippen molar-refractivity contribution in [1.82, 2.24) is 10.8 Å². The van der Waals surface area contributed by atoms with Crippen LogP contribution in [0.2, 0.25) is 0 Å². The minimum Gasteiger partial charge on any atom is -0.479 e. The van der Waals surface area contributed by atoms with Gasteiger partial charge in [-0.15, -0.1) is 0 Å². The minimum absolute atomic E-state index is 0.116. The average Bonchev–Trinajstić information content (AvgIpc) is 2.27. The summed E-state index contributed by atoms with van der Waals surface area (Å²) in [5.41, 5.74) is 2.24. The lowest BCUT2D eigenvalue weighted by atomic mass is 10.1. The van der Waals surface area contributed by atoms with E-state index in [1.807, 2.05) is 5.48 Å². The van der Waals surface area contributed by atoms with E-state index in [0.29, 0.717) is 5.56 Å². The predicted octanol–water partition coefficient (Wildman–Crippen LogP) is 0.823. The zero-order chi connectivity index (χ0) is 14.3. The first-order valence-electron chi connectivity index (χ1n) is 5.30. The second-order valence-corrected chi connectivity index (χ2v) is 3.57. The lowest BCUT2D eigenvalue weighted by Gasteiger charge is -2.06. The zero-order valence-corrected chi connectivity index (χ0v) is 9.78. The summed E-state index contributed by atoms with van der Waals surface area (Å²) in [4.78, 5) is 25.5. The van der Waals surface area contributed by atoms with Gasteiger partial charge in [0.15, 0.2) is 6.61 Å². The fourth-order valence-electron chi connectivity index (χ4n) is 1.28. The third-order valence-electron chi connectivity index (χ3n) is 1.98. The van der Waals surface area contributed by atoms with Gasteiger partial charge < -0.3 is 10.4 Å². The van der Waals surface area contributed by atoms with Crippen molar-refractivity contribution in [3.8, 4) is 0 Å². The predicted molar refractivity (Wildman–Crippen MR) is 60.2 cm³/mol. The molecule has 0 radical (unpaired) electrons. The van der Waals surface area contributed by atoms with Crippen LogP contribution in [0.15, 0.2) is 18.2 Å². The van der Waals surface area contributed by atoms with Crippen LogP contribution in [0.25, 0.3) is 0 Å². The molecule has 0 aliphatic rings. The Morgan fingerprint density at radius 3 is 2.42 bits per heavy atom. The van der Waals surface area contributed by atoms with Crippen molar-refractivity contribution in [3.63, 3.8) is 0 Å². The number of nitrogens with one attached hydrogen (secondary N) is 2. The fourth-order valence-corrected chi connectivity index (χ4v) is 1.28. The SMILES string of the molecule is O=C(O)CONC(=O)NCCc1cc(F)cc(F)c1. The van der Waals surface area contributed by atoms with Gasteiger partial charge in [-0.2, -0.15) is 0 Å². The molecule has 0 saturated heterocycles. The fraction of sp³-hybridized carbons (Fsp3) is 0.273. The Balaban J connectivity index is 2.26. The second kappa shape index (κ2) is 7.27. The molecule has 19 heavy (non-hydrogen) atoms. The van der Waals surface area contributed by atoms with Crippen molar-refractivity contribution in [3.05, 3.63) is 35.4 Å². The summed E-state index contributed by atoms with van der Waals surface area (Å²) in [5.74, 6) is -2.61. The molecule has 3 N–H and O–H groups in total. The smallest absolute Gasteiger partial charge is 0.338 e. The molecule has 0 heterocycles. The molecule has 0 aliphatic heterocycles. The Hall–Kier alpha value is -2.22. The molecule has 1 aromatic carbocycles. The van der Waals surface area contributed by atoms with E-state index in [1.54, 1.807) is 0 Å². The van der Waals surface area contributed by atoms with Crippen LogP contribution in [-0.4, -0.2) is 30.3 Å². The summed E-state index contributed by atoms with van der Waals surface area (Å²) in [6, 6.07) is 2.33. The Kier molecular flexibility index (Phi) is 5.68. The third kappa shape index (κ3) is 6.32. The van der Waals surface area contributed by atoms with E-state index in [4.69, 9.17) is 5.11 Å². The maximum Gasteiger partial charge on any atom is 0.338 e. The summed E-state index contributed by atoms with van der Waals surface area (Å²) in [6.45, 7) is -0.548. The van der Waals surface area contributed by atoms with E-state index in [0.717, 1.165) is 18.2 Å². The van der Waals surface area contributed by atoms with Gasteiger partial charge in [0.05, 0.1) is 0 Å². The van der Waals surface area contributed by atoms with E-state index < -0.39 is 30.2 Å². The number of halogens is 2. The van der Waals surface area contributed by atoms with Crippen molar-refractivity contribution in [2.45, 2.75) is 6.42 Å². The Morgan fingerprint density at radius 2 is 1.84 bits per heavy atom. The van der Waals surface area contributed by atoms with Crippen LogP contribution in [0.5, 0.6) is 0 Å². The number of carbonyl (C=O) groups excluding carboxylic acids is 1. The molecule has 6 nitrogen and oxygen atoms in total. The lowest BCUT2D eigenvalue weighted by Crippen LogP contribution is -2.37. The monoisotopic (exact) mass is 274 g/mol. The van der Waals surface area contributed by atoms with Crippen LogP contribution in [0.1, 0.15) is 5.56 Å². The number of hydroxylamine groups is 1. The van der Waals surface area contributed by atoms with Crippen LogP contribution >= 0.6 is 0 Å². The molecule has 0 unspecified atom stereocenters. The van der Waals surface area contributed by atoms with Gasteiger partial charge in [0.2, 0.25) is 0 Å². The van der Waals surface area contributed by atoms with Gasteiger partial charge in [0, 0.05) is 12.6 Å². The third-order valence-corrected chi connectivity index (χ3v) is 1.98. The number of carbonyl (C=O) groups is 2. The van der Waals surface area contributed by atoms with Gasteiger partial charge in [-0.3, -0.25) is 4.84 Å². The molecule has 0 saturated carbocycles. The standard InChI is InChI=1S/C11H12F2N2O4/c12-8-3-7(4-9(13)5-8)1-2-14-11(18)15-19-6-10(16)17/h3-5H,1-2,6H2,(H,16,17)(H2,14,15,18). The molecule has 0 spiro atoms. The molecule has 1 aromatic rings. The number of amides is 2. The second-order valence-electron chi connectivity index (χ2n) is 3.57. The van der Waals surface area contributed by atoms with Crippen molar-refractivity contribution in [2.75, 3.05) is 13.2 Å². The number of urea groups is 1. The molecule has 0 atom stereocenters. The lowest BCUT2D eigenvalue weighted by molar-refractivity contribution is -0.144. The first-order chi connectivity index (χ1) is 8.97. The number of aliphatic carboxylic acids is 1. The van der Waals surface area contributed by atoms with E-state index in [-0.39, 0.29) is 13.0 Å². The van der Waals surface area contributed by atoms with E-state index in [1.165, 1.54) is 0 Å². The highest BCUT2D eigenvalue weighted by Gasteiger charge is 2.04. The molecule has 1 rings (SSSR count). The van der Waals surface area contributed by atoms with Gasteiger partial charge in [-0.25, -0.2) is 23.9 Å². The summed E-state index contributed by atoms with van der Waals surface area (Å²) in [6.07, 6.45) is 0.223. The number of benzene rings is 1. The first kappa shape index (κ1) is 14.8. The number of carboxylic acids is 1. The van der Waals surface area contributed by atoms with Crippen molar-refractivity contribution >= 4 is 12.0 Å². The highest BCUT2D eigenvalue weighted by Crippen LogP contribution is 2.07. The maximum absolute atomic E-state index is 12.8. The molecule has 0 aromatic heterocycles. The van der Waals surface area contributed by atoms with Crippen molar-refractivity contribution in [1.29, 1.82) is 0 Å². The minimum atomic E-state index is -1.23. The molecule has 104 valence electrons. The highest BCUT2D eigenvalue weighted by molar-refractivity contribution is 5.73. The molecule has 8 heteroatoms. The number of hydrogen-bond donors (Lipinski definition) is 3. The number of carboxylic acid groups (broad SMARTS) is 1. The van der Waals surface area contributed by atoms with E-state index >= 15 is 0 Å². The van der Waals surface area contributed by atoms with Gasteiger partial charge in [0.1, 0.15) is 11.6 Å². The van der Waals surface area contributed by atoms with Crippen LogP contribution in [0, 0.1) is 11.6 Å². The first-order valence-corrected chi connectivity index (χ1v) is 5.30. The van der Waals surface area contributed by atoms with Crippen LogP contribution in [0.4, 0.5) is 13.6 Å². The Bertz CT molecular complexity index is 448. The van der Waals surface area contributed by atoms with Crippen LogP contribution in [-0.2, 0) is 16.1 Å². The summed E-state index contributed by atoms with van der Waals surface area (Å²) in [7, 11) is 0. The van der Waals surface area contributed by atoms with Gasteiger partial charge in [0.25, 0.3) is 0 Å². The Morgan fingerprint density at radius 1 is 1.21 bits per heavy atom. The maximum atomic E-state index is 12.8. The largest absolute Gasteiger partial charge is 0.479 e. The normalized spacial score (nSPS) is 10.0. The number of rotatable bonds is 6. The van der Waals surface area contributed by atoms with Gasteiger partial charge in [-0.1, -0.05) is 0 Å². The van der Waals surface area contributed by atoms with Gasteiger partial charge >= 0.3 is 12.0 Å². The summed E-state index contributed by atoms with van der Waals surface area (Å²) >= 11 is 0. The molecule has 0 fully saturated rings. The van der Waals surface area contributed by atoms with E-state index in [2.05, 4.69) is 10.2 Å². The molecule has 0 aliphatic carbocycles. The van der Waals surface area contributed by atoms with Crippen molar-refractivity contribution < 1.29 is 28.3 Å². The topological polar surface area (TPSA) is 87.7 Å².